The van der Waals surface area contributed by atoms with Gasteiger partial charge in [-0.2, -0.15) is 0 Å². The third-order valence-corrected chi connectivity index (χ3v) is 6.38. The fraction of sp³-hybridized carbons (Fsp3) is 0.440. The maximum Gasteiger partial charge on any atom is 0.153 e. The highest BCUT2D eigenvalue weighted by atomic mass is 35.5. The molecule has 0 radical (unpaired) electrons. The molecule has 0 aliphatic heterocycles. The van der Waals surface area contributed by atoms with Crippen molar-refractivity contribution >= 4 is 23.2 Å². The van der Waals surface area contributed by atoms with Gasteiger partial charge in [-0.25, -0.2) is 0 Å². The summed E-state index contributed by atoms with van der Waals surface area (Å²) in [5.41, 5.74) is 2.67. The van der Waals surface area contributed by atoms with Crippen LogP contribution in [0.4, 0.5) is 0 Å². The van der Waals surface area contributed by atoms with Gasteiger partial charge in [0.15, 0.2) is 11.6 Å². The second-order valence-electron chi connectivity index (χ2n) is 9.22. The molecule has 1 fully saturated rings. The lowest BCUT2D eigenvalue weighted by Gasteiger charge is -2.42. The second-order valence-corrected chi connectivity index (χ2v) is 9.63. The molecule has 3 nitrogen and oxygen atoms in total. The number of benzene rings is 2. The van der Waals surface area contributed by atoms with Crippen molar-refractivity contribution in [1.82, 2.24) is 0 Å². The first-order valence-corrected chi connectivity index (χ1v) is 10.4. The number of halogens is 1. The molecule has 0 spiro atoms. The van der Waals surface area contributed by atoms with E-state index in [4.69, 9.17) is 16.3 Å². The van der Waals surface area contributed by atoms with Crippen molar-refractivity contribution in [3.05, 3.63) is 52.5 Å². The van der Waals surface area contributed by atoms with E-state index in [2.05, 4.69) is 6.92 Å². The summed E-state index contributed by atoms with van der Waals surface area (Å²) >= 11 is 6.17. The van der Waals surface area contributed by atoms with Crippen LogP contribution in [-0.4, -0.2) is 18.7 Å². The van der Waals surface area contributed by atoms with Crippen LogP contribution >= 0.6 is 11.6 Å². The first-order chi connectivity index (χ1) is 13.5. The molecule has 154 valence electrons. The molecular weight excluding hydrogens is 384 g/mol. The molecule has 2 aromatic rings. The second kappa shape index (κ2) is 7.60. The molecule has 3 rings (SSSR count). The van der Waals surface area contributed by atoms with Crippen LogP contribution < -0.4 is 4.74 Å². The Kier molecular flexibility index (Phi) is 5.66. The number of carbonyl (C=O) groups excluding carboxylic acids is 2. The van der Waals surface area contributed by atoms with E-state index in [9.17, 15) is 9.59 Å². The zero-order valence-electron chi connectivity index (χ0n) is 18.1. The van der Waals surface area contributed by atoms with Gasteiger partial charge in [-0.05, 0) is 53.3 Å². The van der Waals surface area contributed by atoms with Crippen LogP contribution in [0.2, 0.25) is 5.02 Å². The van der Waals surface area contributed by atoms with Crippen molar-refractivity contribution in [3.63, 3.8) is 0 Å². The highest BCUT2D eigenvalue weighted by Crippen LogP contribution is 2.48. The fourth-order valence-electron chi connectivity index (χ4n) is 4.67. The highest BCUT2D eigenvalue weighted by Gasteiger charge is 2.52. The van der Waals surface area contributed by atoms with E-state index >= 15 is 0 Å². The Morgan fingerprint density at radius 3 is 2.07 bits per heavy atom. The Morgan fingerprint density at radius 1 is 0.966 bits per heavy atom. The normalized spacial score (nSPS) is 18.7. The fourth-order valence-corrected chi connectivity index (χ4v) is 4.86. The summed E-state index contributed by atoms with van der Waals surface area (Å²) in [5.74, 6) is -0.0973. The van der Waals surface area contributed by atoms with E-state index in [1.54, 1.807) is 13.2 Å². The summed E-state index contributed by atoms with van der Waals surface area (Å²) in [5, 5.41) is 0.544. The van der Waals surface area contributed by atoms with Gasteiger partial charge in [0.25, 0.3) is 0 Å². The first-order valence-electron chi connectivity index (χ1n) is 10.1. The van der Waals surface area contributed by atoms with Crippen LogP contribution in [0.15, 0.2) is 36.4 Å². The number of ether oxygens (including phenoxy) is 1. The average molecular weight is 413 g/mol. The van der Waals surface area contributed by atoms with E-state index < -0.39 is 16.7 Å². The molecule has 0 bridgehead atoms. The Hall–Kier alpha value is -2.13. The van der Waals surface area contributed by atoms with Crippen LogP contribution in [-0.2, 0) is 16.0 Å². The zero-order valence-corrected chi connectivity index (χ0v) is 18.8. The summed E-state index contributed by atoms with van der Waals surface area (Å²) in [7, 11) is 1.58. The topological polar surface area (TPSA) is 43.4 Å². The summed E-state index contributed by atoms with van der Waals surface area (Å²) in [4.78, 5) is 26.7. The van der Waals surface area contributed by atoms with Crippen LogP contribution in [0.3, 0.4) is 0 Å². The molecule has 0 amide bonds. The number of aryl methyl sites for hydroxylation is 1. The summed E-state index contributed by atoms with van der Waals surface area (Å²) < 4.78 is 5.35. The molecule has 4 heteroatoms. The number of carbonyl (C=O) groups is 2. The van der Waals surface area contributed by atoms with Crippen LogP contribution in [0.5, 0.6) is 5.75 Å². The number of Topliss-reactive ketones (excluding diaryl/α,β-unsaturated/α-hetero) is 2. The lowest BCUT2D eigenvalue weighted by Crippen LogP contribution is -2.48. The Bertz CT molecular complexity index is 946. The average Bonchev–Trinajstić information content (AvgIpc) is 2.66. The maximum atomic E-state index is 13.3. The molecule has 0 N–H and O–H groups in total. The molecule has 1 aliphatic carbocycles. The first kappa shape index (κ1) is 21.6. The predicted octanol–water partition coefficient (Wildman–Crippen LogP) is 6.26. The maximum absolute atomic E-state index is 13.3. The monoisotopic (exact) mass is 412 g/mol. The number of methoxy groups -OCH3 is 1. The lowest BCUT2D eigenvalue weighted by molar-refractivity contribution is -0.146. The van der Waals surface area contributed by atoms with Gasteiger partial charge in [0, 0.05) is 10.8 Å². The minimum Gasteiger partial charge on any atom is -0.495 e. The van der Waals surface area contributed by atoms with Gasteiger partial charge in [-0.1, -0.05) is 64.4 Å². The molecule has 1 saturated carbocycles. The van der Waals surface area contributed by atoms with Crippen molar-refractivity contribution in [2.75, 3.05) is 7.11 Å². The lowest BCUT2D eigenvalue weighted by atomic mass is 9.58. The van der Waals surface area contributed by atoms with Crippen molar-refractivity contribution in [2.45, 2.75) is 53.4 Å². The molecule has 2 aromatic carbocycles. The van der Waals surface area contributed by atoms with Crippen molar-refractivity contribution in [2.24, 2.45) is 10.8 Å². The number of rotatable bonds is 4. The molecule has 0 heterocycles. The molecule has 0 unspecified atom stereocenters. The van der Waals surface area contributed by atoms with Gasteiger partial charge in [0.2, 0.25) is 0 Å². The predicted molar refractivity (Wildman–Crippen MR) is 118 cm³/mol. The Labute approximate surface area is 178 Å². The van der Waals surface area contributed by atoms with E-state index in [0.29, 0.717) is 17.2 Å². The van der Waals surface area contributed by atoms with E-state index in [0.717, 1.165) is 28.7 Å². The van der Waals surface area contributed by atoms with Gasteiger partial charge in [-0.3, -0.25) is 9.59 Å². The molecule has 0 aromatic heterocycles. The van der Waals surface area contributed by atoms with Gasteiger partial charge in [-0.15, -0.1) is 0 Å². The molecular formula is C25H29ClO3. The van der Waals surface area contributed by atoms with Crippen LogP contribution in [0.25, 0.3) is 11.1 Å². The minimum absolute atomic E-state index is 0.0161. The van der Waals surface area contributed by atoms with E-state index in [1.807, 2.05) is 58.0 Å². The summed E-state index contributed by atoms with van der Waals surface area (Å²) in [6, 6.07) is 11.7. The summed E-state index contributed by atoms with van der Waals surface area (Å²) in [6.07, 6.45) is 1.33. The SMILES string of the molecule is CCc1ccc(-c2ccc(Cl)c(OC)c2)cc1C1C(=O)C(C)(C)CC(C)(C)C1=O. The Balaban J connectivity index is 2.17. The van der Waals surface area contributed by atoms with Gasteiger partial charge in [0.1, 0.15) is 11.7 Å². The standard InChI is InChI=1S/C25H29ClO3/c1-7-15-8-9-16(17-10-11-19(26)20(13-17)29-6)12-18(15)21-22(27)24(2,3)14-25(4,5)23(21)28/h8-13,21H,7,14H2,1-6H3. The molecule has 0 saturated heterocycles. The minimum atomic E-state index is -0.724. The Morgan fingerprint density at radius 2 is 1.52 bits per heavy atom. The molecule has 1 aliphatic rings. The third-order valence-electron chi connectivity index (χ3n) is 6.06. The highest BCUT2D eigenvalue weighted by molar-refractivity contribution is 6.32. The van der Waals surface area contributed by atoms with E-state index in [-0.39, 0.29) is 11.6 Å². The summed E-state index contributed by atoms with van der Waals surface area (Å²) in [6.45, 7) is 9.87. The number of hydrogen-bond donors (Lipinski definition) is 0. The van der Waals surface area contributed by atoms with Gasteiger partial charge in [0.05, 0.1) is 12.1 Å². The van der Waals surface area contributed by atoms with Gasteiger partial charge >= 0.3 is 0 Å². The smallest absolute Gasteiger partial charge is 0.153 e. The molecule has 29 heavy (non-hydrogen) atoms. The molecule has 0 atom stereocenters. The zero-order chi connectivity index (χ0) is 21.6. The van der Waals surface area contributed by atoms with Gasteiger partial charge < -0.3 is 4.74 Å². The number of ketones is 2. The largest absolute Gasteiger partial charge is 0.495 e. The van der Waals surface area contributed by atoms with Crippen molar-refractivity contribution in [3.8, 4) is 16.9 Å². The van der Waals surface area contributed by atoms with Crippen LogP contribution in [0, 0.1) is 10.8 Å². The van der Waals surface area contributed by atoms with Crippen molar-refractivity contribution < 1.29 is 14.3 Å². The third kappa shape index (κ3) is 3.85. The van der Waals surface area contributed by atoms with E-state index in [1.165, 1.54) is 0 Å². The quantitative estimate of drug-likeness (QED) is 0.557. The number of hydrogen-bond acceptors (Lipinski definition) is 3. The van der Waals surface area contributed by atoms with Crippen molar-refractivity contribution in [1.29, 1.82) is 0 Å². The van der Waals surface area contributed by atoms with Crippen LogP contribution in [0.1, 0.15) is 58.1 Å².